The topological polar surface area (TPSA) is 49.3 Å². The second-order valence-corrected chi connectivity index (χ2v) is 5.37. The Kier molecular flexibility index (Phi) is 4.45. The van der Waals surface area contributed by atoms with Gasteiger partial charge in [-0.2, -0.15) is 0 Å². The van der Waals surface area contributed by atoms with Gasteiger partial charge >= 0.3 is 5.97 Å². The summed E-state index contributed by atoms with van der Waals surface area (Å²) in [5.74, 6) is -0.952. The zero-order chi connectivity index (χ0) is 13.8. The largest absolute Gasteiger partial charge is 0.478 e. The van der Waals surface area contributed by atoms with Gasteiger partial charge in [-0.05, 0) is 35.9 Å². The summed E-state index contributed by atoms with van der Waals surface area (Å²) in [6.07, 6.45) is 0. The number of hydrogen-bond donors (Lipinski definition) is 2. The summed E-state index contributed by atoms with van der Waals surface area (Å²) in [6.45, 7) is 0.579. The molecule has 3 nitrogen and oxygen atoms in total. The number of benzene rings is 2. The van der Waals surface area contributed by atoms with Gasteiger partial charge in [0.05, 0.1) is 5.56 Å². The minimum atomic E-state index is -0.952. The molecule has 98 valence electrons. The molecular weight excluding hydrogens is 330 g/mol. The molecule has 5 heteroatoms. The third kappa shape index (κ3) is 3.98. The first-order valence-electron chi connectivity index (χ1n) is 5.57. The summed E-state index contributed by atoms with van der Waals surface area (Å²) >= 11 is 9.20. The van der Waals surface area contributed by atoms with Crippen molar-refractivity contribution in [2.45, 2.75) is 6.54 Å². The fraction of sp³-hybridized carbons (Fsp3) is 0.0714. The molecule has 0 spiro atoms. The van der Waals surface area contributed by atoms with Gasteiger partial charge in [-0.3, -0.25) is 0 Å². The van der Waals surface area contributed by atoms with Crippen LogP contribution in [0.3, 0.4) is 0 Å². The lowest BCUT2D eigenvalue weighted by molar-refractivity contribution is 0.0697. The predicted molar refractivity (Wildman–Crippen MR) is 79.9 cm³/mol. The van der Waals surface area contributed by atoms with E-state index in [0.29, 0.717) is 11.6 Å². The highest BCUT2D eigenvalue weighted by Crippen LogP contribution is 2.21. The molecule has 0 atom stereocenters. The van der Waals surface area contributed by atoms with Crippen molar-refractivity contribution in [3.63, 3.8) is 0 Å². The van der Waals surface area contributed by atoms with Crippen molar-refractivity contribution in [1.82, 2.24) is 0 Å². The zero-order valence-electron chi connectivity index (χ0n) is 9.86. The first-order chi connectivity index (χ1) is 9.04. The fourth-order valence-corrected chi connectivity index (χ4v) is 2.37. The average molecular weight is 341 g/mol. The van der Waals surface area contributed by atoms with Crippen molar-refractivity contribution in [2.75, 3.05) is 5.32 Å². The van der Waals surface area contributed by atoms with Crippen molar-refractivity contribution in [1.29, 1.82) is 0 Å². The SMILES string of the molecule is O=C(O)c1cc(Br)cc(NCc2cccc(Cl)c2)c1. The lowest BCUT2D eigenvalue weighted by Gasteiger charge is -2.08. The summed E-state index contributed by atoms with van der Waals surface area (Å²) in [4.78, 5) is 11.0. The smallest absolute Gasteiger partial charge is 0.335 e. The molecule has 0 aliphatic rings. The minimum Gasteiger partial charge on any atom is -0.478 e. The van der Waals surface area contributed by atoms with Gasteiger partial charge in [-0.25, -0.2) is 4.79 Å². The van der Waals surface area contributed by atoms with Crippen LogP contribution in [0.5, 0.6) is 0 Å². The second kappa shape index (κ2) is 6.08. The van der Waals surface area contributed by atoms with E-state index in [2.05, 4.69) is 21.2 Å². The third-order valence-corrected chi connectivity index (χ3v) is 3.22. The highest BCUT2D eigenvalue weighted by Gasteiger charge is 2.06. The van der Waals surface area contributed by atoms with Crippen molar-refractivity contribution < 1.29 is 9.90 Å². The fourth-order valence-electron chi connectivity index (χ4n) is 1.67. The number of rotatable bonds is 4. The van der Waals surface area contributed by atoms with Gasteiger partial charge in [0.2, 0.25) is 0 Å². The van der Waals surface area contributed by atoms with Crippen LogP contribution < -0.4 is 5.32 Å². The molecular formula is C14H11BrClNO2. The molecule has 0 unspecified atom stereocenters. The summed E-state index contributed by atoms with van der Waals surface area (Å²) < 4.78 is 0.723. The summed E-state index contributed by atoms with van der Waals surface area (Å²) in [5.41, 5.74) is 2.01. The highest BCUT2D eigenvalue weighted by molar-refractivity contribution is 9.10. The number of nitrogens with one attached hydrogen (secondary N) is 1. The molecule has 0 aromatic heterocycles. The van der Waals surface area contributed by atoms with Crippen molar-refractivity contribution in [3.8, 4) is 0 Å². The Morgan fingerprint density at radius 1 is 1.26 bits per heavy atom. The first-order valence-corrected chi connectivity index (χ1v) is 6.74. The molecule has 0 saturated heterocycles. The lowest BCUT2D eigenvalue weighted by atomic mass is 10.2. The molecule has 0 heterocycles. The van der Waals surface area contributed by atoms with Gasteiger partial charge in [-0.1, -0.05) is 39.7 Å². The molecule has 2 rings (SSSR count). The Labute approximate surface area is 124 Å². The maximum absolute atomic E-state index is 11.0. The number of halogens is 2. The zero-order valence-corrected chi connectivity index (χ0v) is 12.2. The van der Waals surface area contributed by atoms with Crippen LogP contribution in [0.1, 0.15) is 15.9 Å². The Hall–Kier alpha value is -1.52. The van der Waals surface area contributed by atoms with Gasteiger partial charge < -0.3 is 10.4 Å². The Balaban J connectivity index is 2.13. The number of hydrogen-bond acceptors (Lipinski definition) is 2. The van der Waals surface area contributed by atoms with E-state index in [1.165, 1.54) is 0 Å². The molecule has 0 amide bonds. The Bertz CT molecular complexity index is 616. The molecule has 0 aliphatic heterocycles. The molecule has 0 radical (unpaired) electrons. The van der Waals surface area contributed by atoms with E-state index in [0.717, 1.165) is 15.7 Å². The number of carboxylic acids is 1. The van der Waals surface area contributed by atoms with E-state index in [-0.39, 0.29) is 5.56 Å². The molecule has 19 heavy (non-hydrogen) atoms. The maximum Gasteiger partial charge on any atom is 0.335 e. The van der Waals surface area contributed by atoms with Crippen LogP contribution in [0, 0.1) is 0 Å². The van der Waals surface area contributed by atoms with Crippen molar-refractivity contribution >= 4 is 39.2 Å². The number of carbonyl (C=O) groups is 1. The summed E-state index contributed by atoms with van der Waals surface area (Å²) in [5, 5.41) is 12.8. The van der Waals surface area contributed by atoms with Crippen LogP contribution in [0.15, 0.2) is 46.9 Å². The molecule has 2 aromatic carbocycles. The van der Waals surface area contributed by atoms with E-state index in [9.17, 15) is 4.79 Å². The molecule has 2 aromatic rings. The average Bonchev–Trinajstić information content (AvgIpc) is 2.36. The van der Waals surface area contributed by atoms with E-state index in [1.807, 2.05) is 30.3 Å². The van der Waals surface area contributed by atoms with Gasteiger partial charge in [-0.15, -0.1) is 0 Å². The third-order valence-electron chi connectivity index (χ3n) is 2.53. The minimum absolute atomic E-state index is 0.239. The normalized spacial score (nSPS) is 10.2. The monoisotopic (exact) mass is 339 g/mol. The maximum atomic E-state index is 11.0. The Morgan fingerprint density at radius 2 is 2.05 bits per heavy atom. The lowest BCUT2D eigenvalue weighted by Crippen LogP contribution is -2.02. The van der Waals surface area contributed by atoms with Crippen LogP contribution in [0.4, 0.5) is 5.69 Å². The second-order valence-electron chi connectivity index (χ2n) is 4.02. The van der Waals surface area contributed by atoms with Gasteiger partial charge in [0, 0.05) is 21.7 Å². The van der Waals surface area contributed by atoms with E-state index < -0.39 is 5.97 Å². The van der Waals surface area contributed by atoms with Crippen LogP contribution >= 0.6 is 27.5 Å². The van der Waals surface area contributed by atoms with Crippen molar-refractivity contribution in [2.24, 2.45) is 0 Å². The van der Waals surface area contributed by atoms with Crippen molar-refractivity contribution in [3.05, 3.63) is 63.1 Å². The van der Waals surface area contributed by atoms with Crippen LogP contribution in [-0.2, 0) is 6.54 Å². The molecule has 2 N–H and O–H groups in total. The highest BCUT2D eigenvalue weighted by atomic mass is 79.9. The van der Waals surface area contributed by atoms with Crippen LogP contribution in [0.25, 0.3) is 0 Å². The summed E-state index contributed by atoms with van der Waals surface area (Å²) in [6, 6.07) is 12.5. The van der Waals surface area contributed by atoms with Gasteiger partial charge in [0.25, 0.3) is 0 Å². The predicted octanol–water partition coefficient (Wildman–Crippen LogP) is 4.41. The number of carboxylic acid groups (broad SMARTS) is 1. The van der Waals surface area contributed by atoms with Crippen LogP contribution in [-0.4, -0.2) is 11.1 Å². The number of aromatic carboxylic acids is 1. The van der Waals surface area contributed by atoms with Gasteiger partial charge in [0.15, 0.2) is 0 Å². The number of anilines is 1. The molecule has 0 bridgehead atoms. The first kappa shape index (κ1) is 13.9. The molecule has 0 aliphatic carbocycles. The standard InChI is InChI=1S/C14H11BrClNO2/c15-11-5-10(14(18)19)6-13(7-11)17-8-9-2-1-3-12(16)4-9/h1-7,17H,8H2,(H,18,19). The van der Waals surface area contributed by atoms with Crippen LogP contribution in [0.2, 0.25) is 5.02 Å². The molecule has 0 saturated carbocycles. The Morgan fingerprint density at radius 3 is 2.74 bits per heavy atom. The van der Waals surface area contributed by atoms with Gasteiger partial charge in [0.1, 0.15) is 0 Å². The quantitative estimate of drug-likeness (QED) is 0.866. The van der Waals surface area contributed by atoms with E-state index in [4.69, 9.17) is 16.7 Å². The molecule has 0 fully saturated rings. The summed E-state index contributed by atoms with van der Waals surface area (Å²) in [7, 11) is 0. The van der Waals surface area contributed by atoms with E-state index in [1.54, 1.807) is 12.1 Å². The van der Waals surface area contributed by atoms with E-state index >= 15 is 0 Å².